The van der Waals surface area contributed by atoms with Crippen LogP contribution in [0, 0.1) is 13.8 Å². The van der Waals surface area contributed by atoms with E-state index in [1.807, 2.05) is 50.2 Å². The summed E-state index contributed by atoms with van der Waals surface area (Å²) in [5.74, 6) is -0.494. The molecule has 2 N–H and O–H groups in total. The van der Waals surface area contributed by atoms with Crippen molar-refractivity contribution in [1.82, 2.24) is 5.32 Å². The number of hydrogen-bond donors (Lipinski definition) is 2. The number of hydrogen-bond acceptors (Lipinski definition) is 4. The molecule has 6 heteroatoms. The van der Waals surface area contributed by atoms with E-state index in [0.717, 1.165) is 29.7 Å². The van der Waals surface area contributed by atoms with Crippen LogP contribution >= 0.6 is 12.2 Å². The van der Waals surface area contributed by atoms with E-state index in [1.54, 1.807) is 0 Å². The lowest BCUT2D eigenvalue weighted by atomic mass is 10.1. The Balaban J connectivity index is 1.58. The highest BCUT2D eigenvalue weighted by atomic mass is 32.1. The molecule has 2 rings (SSSR count). The summed E-state index contributed by atoms with van der Waals surface area (Å²) in [6.07, 6.45) is 2.52. The molecule has 0 aromatic heterocycles. The van der Waals surface area contributed by atoms with Crippen LogP contribution in [-0.4, -0.2) is 23.6 Å². The quantitative estimate of drug-likeness (QED) is 0.362. The SMILES string of the molecule is Cc1ccc(C)c(NC(=S)NC(=O)CCCC(=O)OCCCc2ccccc2)c1. The van der Waals surface area contributed by atoms with Crippen LogP contribution in [0.4, 0.5) is 5.69 Å². The molecule has 0 radical (unpaired) electrons. The molecule has 0 unspecified atom stereocenters. The first-order valence-corrected chi connectivity index (χ1v) is 10.2. The number of benzene rings is 2. The molecule has 29 heavy (non-hydrogen) atoms. The van der Waals surface area contributed by atoms with E-state index in [1.165, 1.54) is 5.56 Å². The number of esters is 1. The average Bonchev–Trinajstić information content (AvgIpc) is 2.69. The molecule has 2 aromatic carbocycles. The molecule has 0 saturated heterocycles. The zero-order chi connectivity index (χ0) is 21.1. The van der Waals surface area contributed by atoms with Gasteiger partial charge in [-0.3, -0.25) is 9.59 Å². The molecular weight excluding hydrogens is 384 g/mol. The summed E-state index contributed by atoms with van der Waals surface area (Å²) >= 11 is 5.19. The van der Waals surface area contributed by atoms with Crippen LogP contribution in [0.3, 0.4) is 0 Å². The van der Waals surface area contributed by atoms with Crippen molar-refractivity contribution >= 4 is 34.9 Å². The van der Waals surface area contributed by atoms with Crippen LogP contribution in [0.5, 0.6) is 0 Å². The van der Waals surface area contributed by atoms with Crippen molar-refractivity contribution in [3.05, 3.63) is 65.2 Å². The first kappa shape index (κ1) is 22.6. The van der Waals surface area contributed by atoms with Crippen LogP contribution in [0.1, 0.15) is 42.4 Å². The van der Waals surface area contributed by atoms with Crippen molar-refractivity contribution in [2.45, 2.75) is 46.0 Å². The summed E-state index contributed by atoms with van der Waals surface area (Å²) in [4.78, 5) is 23.8. The molecule has 0 atom stereocenters. The monoisotopic (exact) mass is 412 g/mol. The Bertz CT molecular complexity index is 837. The first-order valence-electron chi connectivity index (χ1n) is 9.81. The van der Waals surface area contributed by atoms with Gasteiger partial charge in [0.25, 0.3) is 0 Å². The van der Waals surface area contributed by atoms with E-state index < -0.39 is 0 Å². The van der Waals surface area contributed by atoms with Gasteiger partial charge in [-0.25, -0.2) is 0 Å². The highest BCUT2D eigenvalue weighted by Crippen LogP contribution is 2.16. The van der Waals surface area contributed by atoms with Gasteiger partial charge in [-0.2, -0.15) is 0 Å². The van der Waals surface area contributed by atoms with Gasteiger partial charge in [0.05, 0.1) is 6.61 Å². The molecule has 0 aliphatic heterocycles. The minimum absolute atomic E-state index is 0.216. The average molecular weight is 413 g/mol. The molecular formula is C23H28N2O3S. The fourth-order valence-electron chi connectivity index (χ4n) is 2.79. The summed E-state index contributed by atoms with van der Waals surface area (Å²) in [5, 5.41) is 5.94. The Labute approximate surface area is 177 Å². The maximum atomic E-state index is 12.0. The fraction of sp³-hybridized carbons (Fsp3) is 0.348. The van der Waals surface area contributed by atoms with Crippen molar-refractivity contribution < 1.29 is 14.3 Å². The smallest absolute Gasteiger partial charge is 0.305 e. The lowest BCUT2D eigenvalue weighted by molar-refractivity contribution is -0.143. The largest absolute Gasteiger partial charge is 0.466 e. The number of carbonyl (C=O) groups excluding carboxylic acids is 2. The standard InChI is InChI=1S/C23H28N2O3S/c1-17-13-14-18(2)20(16-17)24-23(29)25-21(26)11-6-12-22(27)28-15-7-10-19-8-4-3-5-9-19/h3-5,8-9,13-14,16H,6-7,10-12,15H2,1-2H3,(H2,24,25,26,29). The molecule has 1 amide bonds. The van der Waals surface area contributed by atoms with E-state index in [4.69, 9.17) is 17.0 Å². The molecule has 0 saturated carbocycles. The zero-order valence-corrected chi connectivity index (χ0v) is 17.8. The minimum Gasteiger partial charge on any atom is -0.466 e. The number of thiocarbonyl (C=S) groups is 1. The van der Waals surface area contributed by atoms with Crippen molar-refractivity contribution in [3.8, 4) is 0 Å². The van der Waals surface area contributed by atoms with E-state index in [9.17, 15) is 9.59 Å². The molecule has 5 nitrogen and oxygen atoms in total. The highest BCUT2D eigenvalue weighted by Gasteiger charge is 2.09. The molecule has 0 aliphatic carbocycles. The van der Waals surface area contributed by atoms with Crippen LogP contribution in [0.25, 0.3) is 0 Å². The van der Waals surface area contributed by atoms with Crippen LogP contribution in [0.15, 0.2) is 48.5 Å². The lowest BCUT2D eigenvalue weighted by Crippen LogP contribution is -2.34. The summed E-state index contributed by atoms with van der Waals surface area (Å²) in [6, 6.07) is 16.1. The highest BCUT2D eigenvalue weighted by molar-refractivity contribution is 7.80. The maximum Gasteiger partial charge on any atom is 0.305 e. The fourth-order valence-corrected chi connectivity index (χ4v) is 3.01. The molecule has 2 aromatic rings. The second kappa shape index (κ2) is 12.0. The molecule has 0 fully saturated rings. The topological polar surface area (TPSA) is 67.4 Å². The molecule has 0 aliphatic rings. The predicted octanol–water partition coefficient (Wildman–Crippen LogP) is 4.46. The number of amides is 1. The number of nitrogens with one attached hydrogen (secondary N) is 2. The van der Waals surface area contributed by atoms with Gasteiger partial charge >= 0.3 is 5.97 Å². The van der Waals surface area contributed by atoms with Gasteiger partial charge in [0.1, 0.15) is 0 Å². The molecule has 0 heterocycles. The van der Waals surface area contributed by atoms with E-state index in [-0.39, 0.29) is 29.8 Å². The normalized spacial score (nSPS) is 10.3. The molecule has 154 valence electrons. The minimum atomic E-state index is -0.276. The van der Waals surface area contributed by atoms with Crippen molar-refractivity contribution in [3.63, 3.8) is 0 Å². The summed E-state index contributed by atoms with van der Waals surface area (Å²) in [5.41, 5.74) is 4.25. The number of anilines is 1. The second-order valence-electron chi connectivity index (χ2n) is 6.98. The maximum absolute atomic E-state index is 12.0. The Hall–Kier alpha value is -2.73. The number of ether oxygens (including phenoxy) is 1. The predicted molar refractivity (Wildman–Crippen MR) is 120 cm³/mol. The van der Waals surface area contributed by atoms with E-state index >= 15 is 0 Å². The second-order valence-corrected chi connectivity index (χ2v) is 7.39. The molecule has 0 bridgehead atoms. The van der Waals surface area contributed by atoms with Crippen LogP contribution in [0.2, 0.25) is 0 Å². The van der Waals surface area contributed by atoms with Gasteiger partial charge in [0.15, 0.2) is 5.11 Å². The van der Waals surface area contributed by atoms with E-state index in [2.05, 4.69) is 22.8 Å². The van der Waals surface area contributed by atoms with Gasteiger partial charge in [-0.05, 0) is 68.1 Å². The van der Waals surface area contributed by atoms with Gasteiger partial charge in [0.2, 0.25) is 5.91 Å². The summed E-state index contributed by atoms with van der Waals surface area (Å²) < 4.78 is 5.22. The number of aryl methyl sites for hydroxylation is 3. The van der Waals surface area contributed by atoms with Gasteiger partial charge < -0.3 is 15.4 Å². The van der Waals surface area contributed by atoms with Crippen LogP contribution in [-0.2, 0) is 20.7 Å². The third-order valence-electron chi connectivity index (χ3n) is 4.39. The zero-order valence-electron chi connectivity index (χ0n) is 17.0. The lowest BCUT2D eigenvalue weighted by Gasteiger charge is -2.12. The Kier molecular flexibility index (Phi) is 9.31. The van der Waals surface area contributed by atoms with Crippen molar-refractivity contribution in [2.75, 3.05) is 11.9 Å². The van der Waals surface area contributed by atoms with Crippen molar-refractivity contribution in [2.24, 2.45) is 0 Å². The van der Waals surface area contributed by atoms with Crippen molar-refractivity contribution in [1.29, 1.82) is 0 Å². The number of carbonyl (C=O) groups is 2. The van der Waals surface area contributed by atoms with Crippen LogP contribution < -0.4 is 10.6 Å². The number of rotatable bonds is 9. The summed E-state index contributed by atoms with van der Waals surface area (Å²) in [6.45, 7) is 4.36. The third kappa shape index (κ3) is 8.87. The Morgan fingerprint density at radius 2 is 1.76 bits per heavy atom. The van der Waals surface area contributed by atoms with Gasteiger partial charge in [0, 0.05) is 18.5 Å². The first-order chi connectivity index (χ1) is 13.9. The van der Waals surface area contributed by atoms with Gasteiger partial charge in [-0.15, -0.1) is 0 Å². The third-order valence-corrected chi connectivity index (χ3v) is 4.60. The van der Waals surface area contributed by atoms with Gasteiger partial charge in [-0.1, -0.05) is 42.5 Å². The molecule has 0 spiro atoms. The summed E-state index contributed by atoms with van der Waals surface area (Å²) in [7, 11) is 0. The Morgan fingerprint density at radius 1 is 1.00 bits per heavy atom. The Morgan fingerprint density at radius 3 is 2.52 bits per heavy atom. The van der Waals surface area contributed by atoms with E-state index in [0.29, 0.717) is 13.0 Å².